The van der Waals surface area contributed by atoms with Crippen molar-refractivity contribution in [3.8, 4) is 11.5 Å². The molecule has 16 N–H and O–H groups in total. The van der Waals surface area contributed by atoms with Gasteiger partial charge in [-0.15, -0.1) is 11.8 Å². The fourth-order valence-corrected chi connectivity index (χ4v) is 16.3. The first kappa shape index (κ1) is 104. The maximum atomic E-state index is 15.5. The summed E-state index contributed by atoms with van der Waals surface area (Å²) in [6, 6.07) is 19.3. The molecule has 14 amide bonds. The summed E-state index contributed by atoms with van der Waals surface area (Å²) in [5.41, 5.74) is 8.29. The smallest absolute Gasteiger partial charge is 0.305 e. The molecule has 39 heteroatoms. The van der Waals surface area contributed by atoms with Gasteiger partial charge in [-0.25, -0.2) is 8.78 Å². The van der Waals surface area contributed by atoms with Crippen LogP contribution in [0.1, 0.15) is 100 Å². The number of carbonyl (C=O) groups excluding carboxylic acids is 14. The zero-order valence-corrected chi connectivity index (χ0v) is 76.7. The quantitative estimate of drug-likeness (QED) is 0.0409. The summed E-state index contributed by atoms with van der Waals surface area (Å²) in [6.45, 7) is 6.00. The number of rotatable bonds is 23. The van der Waals surface area contributed by atoms with E-state index < -0.39 is 234 Å². The molecule has 1 aliphatic rings. The number of aliphatic hydroxyl groups is 1. The van der Waals surface area contributed by atoms with Crippen LogP contribution in [0.3, 0.4) is 0 Å². The van der Waals surface area contributed by atoms with Gasteiger partial charge in [0.2, 0.25) is 82.7 Å². The minimum absolute atomic E-state index is 0.0468. The van der Waals surface area contributed by atoms with E-state index in [0.29, 0.717) is 63.3 Å². The van der Waals surface area contributed by atoms with Crippen LogP contribution in [0.5, 0.6) is 11.5 Å². The van der Waals surface area contributed by atoms with E-state index in [1.165, 1.54) is 83.8 Å². The lowest BCUT2D eigenvalue weighted by atomic mass is 9.98. The topological polar surface area (TPSA) is 503 Å². The summed E-state index contributed by atoms with van der Waals surface area (Å²) in [5.74, 6) is -20.7. The number of nitrogens with zero attached hydrogens (tertiary/aromatic N) is 5. The maximum absolute atomic E-state index is 15.5. The number of aliphatic carboxylic acids is 1. The zero-order valence-electron chi connectivity index (χ0n) is 75.1. The van der Waals surface area contributed by atoms with E-state index >= 15 is 38.0 Å². The number of carboxylic acid groups (broad SMARTS) is 1. The van der Waals surface area contributed by atoms with E-state index in [-0.39, 0.29) is 62.0 Å². The normalized spacial score (nSPS) is 22.4. The van der Waals surface area contributed by atoms with Gasteiger partial charge in [0, 0.05) is 83.1 Å². The molecule has 132 heavy (non-hydrogen) atoms. The lowest BCUT2D eigenvalue weighted by Crippen LogP contribution is -2.61. The van der Waals surface area contributed by atoms with Crippen molar-refractivity contribution in [3.63, 3.8) is 0 Å². The number of likely N-dealkylation sites (N-methyl/N-ethyl adjacent to an activating group) is 5. The number of fused-ring (bicyclic) bond motifs is 1. The summed E-state index contributed by atoms with van der Waals surface area (Å²) in [7, 11) is 6.34. The summed E-state index contributed by atoms with van der Waals surface area (Å²) >= 11 is 6.86. The molecule has 0 bridgehead atoms. The third-order valence-corrected chi connectivity index (χ3v) is 23.7. The van der Waals surface area contributed by atoms with Crippen molar-refractivity contribution >= 4 is 123 Å². The molecule has 2 heterocycles. The summed E-state index contributed by atoms with van der Waals surface area (Å²) in [5, 5.41) is 67.2. The van der Waals surface area contributed by atoms with Gasteiger partial charge in [-0.2, -0.15) is 0 Å². The third kappa shape index (κ3) is 30.8. The Morgan fingerprint density at radius 2 is 1.05 bits per heavy atom. The molecule has 12 unspecified atom stereocenters. The van der Waals surface area contributed by atoms with Crippen molar-refractivity contribution in [2.24, 2.45) is 17.6 Å². The highest BCUT2D eigenvalue weighted by molar-refractivity contribution is 8.00. The number of aliphatic hydroxyl groups excluding tert-OH is 1. The van der Waals surface area contributed by atoms with Gasteiger partial charge in [0.25, 0.3) is 0 Å². The van der Waals surface area contributed by atoms with Crippen LogP contribution >= 0.6 is 23.4 Å². The van der Waals surface area contributed by atoms with Crippen LogP contribution in [0.4, 0.5) is 8.78 Å². The standard InChI is InChI=1S/C93H117ClF2N16O19S/c1-11-12-27-73-91(129)109(7)49-78(117)101-69(45-80(119)120)87(125)107-82(53(4)5)93(131)111(9)74(42-54-21-15-13-16-22-54)88(126)105-70(40-57-30-34-61(114)35-31-57)89(127)108(6)48-77(116)100-68(44-59-46-98-65-26-20-19-25-62(59)65)86(124)104-67(39-56-28-32-60(113)33-29-56)85(123)103-66(36-52(2)3)84(122)106-72(83(121)99-47-76(97)115)50-132-51-79(118)102-71(41-58-37-63(94)81(96)64(95)38-58)90(128)112(10)75(92(130)110(73)8)43-55-23-17-14-18-24-55/h13-26,28-35,37-38,46,52-53,66-75,82,89,98,113-114,127H,11-12,27,36,39-45,47-51H2,1-10H3,(H2,97,115)(H,99,121)(H,100,116)(H,101,117)(H,102,118)(H,103,123)(H,104,124)(H,105,126)(H,106,122)(H,107,125)(H,119,120). The van der Waals surface area contributed by atoms with Crippen molar-refractivity contribution in [1.82, 2.24) is 77.3 Å². The lowest BCUT2D eigenvalue weighted by Gasteiger charge is -2.37. The summed E-state index contributed by atoms with van der Waals surface area (Å²) < 4.78 is 30.2. The number of carbonyl (C=O) groups is 15. The number of phenols is 2. The van der Waals surface area contributed by atoms with Crippen LogP contribution in [-0.2, 0) is 110 Å². The van der Waals surface area contributed by atoms with Crippen LogP contribution in [0.25, 0.3) is 10.9 Å². The molecule has 7 aromatic rings. The molecule has 0 radical (unpaired) electrons. The largest absolute Gasteiger partial charge is 0.508 e. The van der Waals surface area contributed by atoms with Crippen molar-refractivity contribution < 1.29 is 101 Å². The molecule has 6 aromatic carbocycles. The number of phenolic OH excluding ortho intramolecular Hbond substituents is 2. The number of hydrogen-bond donors (Lipinski definition) is 15. The molecule has 1 aliphatic heterocycles. The fraction of sp³-hybridized carbons (Fsp3) is 0.430. The van der Waals surface area contributed by atoms with Crippen LogP contribution in [0.2, 0.25) is 5.02 Å². The molecular formula is C93H117ClF2N16O19S. The Morgan fingerprint density at radius 1 is 0.538 bits per heavy atom. The Balaban J connectivity index is 1.22. The Labute approximate surface area is 772 Å². The number of nitrogens with two attached hydrogens (primary N) is 1. The molecule has 1 fully saturated rings. The van der Waals surface area contributed by atoms with E-state index in [9.17, 15) is 63.2 Å². The van der Waals surface area contributed by atoms with Gasteiger partial charge in [-0.3, -0.25) is 76.8 Å². The SMILES string of the molecule is CCCCC1C(=O)N(C)CC(=O)NC(CC(=O)O)C(=O)NC(C(C)C)C(=O)N(C)C(Cc2ccccc2)C(=O)NC(Cc2ccc(O)cc2)C(O)N(C)CC(=O)NC(Cc2c[nH]c3ccccc23)C(=O)NC(Cc2ccc(O)cc2)C(=O)NC(CC(C)C)C(=O)NC(C(=O)NCC(N)=O)CSCC(=O)NC(Cc2cc(F)c(F)c(Cl)c2)C(=O)N(C)C(Cc2ccccc2)C(=O)N1C. The zero-order chi connectivity index (χ0) is 96.9. The maximum Gasteiger partial charge on any atom is 0.305 e. The Morgan fingerprint density at radius 3 is 1.64 bits per heavy atom. The molecule has 710 valence electrons. The molecule has 1 saturated heterocycles. The summed E-state index contributed by atoms with van der Waals surface area (Å²) in [4.78, 5) is 228. The highest BCUT2D eigenvalue weighted by Crippen LogP contribution is 2.27. The molecule has 0 aliphatic carbocycles. The number of primary amides is 1. The monoisotopic (exact) mass is 1870 g/mol. The number of aromatic amines is 1. The predicted octanol–water partition coefficient (Wildman–Crippen LogP) is 3.05. The number of para-hydroxylation sites is 1. The average Bonchev–Trinajstić information content (AvgIpc) is 1.28. The third-order valence-electron chi connectivity index (χ3n) is 22.4. The molecular weight excluding hydrogens is 1750 g/mol. The number of nitrogens with one attached hydrogen (secondary N) is 10. The van der Waals surface area contributed by atoms with E-state index in [1.807, 2.05) is 0 Å². The first-order valence-corrected chi connectivity index (χ1v) is 44.6. The molecule has 35 nitrogen and oxygen atoms in total. The number of H-pyrrole nitrogens is 1. The van der Waals surface area contributed by atoms with Crippen LogP contribution in [0.15, 0.2) is 152 Å². The van der Waals surface area contributed by atoms with Gasteiger partial charge < -0.3 is 98.6 Å². The molecule has 12 atom stereocenters. The fourth-order valence-electron chi connectivity index (χ4n) is 15.2. The Hall–Kier alpha value is -13.1. The van der Waals surface area contributed by atoms with Gasteiger partial charge >= 0.3 is 5.97 Å². The van der Waals surface area contributed by atoms with Gasteiger partial charge in [0.15, 0.2) is 11.6 Å². The number of carboxylic acids is 1. The van der Waals surface area contributed by atoms with Gasteiger partial charge in [0.1, 0.15) is 78.1 Å². The van der Waals surface area contributed by atoms with E-state index in [4.69, 9.17) is 17.3 Å². The van der Waals surface area contributed by atoms with Crippen LogP contribution in [-0.4, -0.2) is 278 Å². The molecule has 0 saturated carbocycles. The van der Waals surface area contributed by atoms with Crippen molar-refractivity contribution in [1.29, 1.82) is 0 Å². The number of benzene rings is 6. The molecule has 0 spiro atoms. The number of thioether (sulfide) groups is 1. The highest BCUT2D eigenvalue weighted by Gasteiger charge is 2.43. The number of aromatic hydroxyl groups is 2. The first-order chi connectivity index (χ1) is 62.6. The molecule has 8 rings (SSSR count). The number of halogens is 3. The summed E-state index contributed by atoms with van der Waals surface area (Å²) in [6.07, 6.45) is -2.57. The predicted molar refractivity (Wildman–Crippen MR) is 488 cm³/mol. The number of aromatic nitrogens is 1. The van der Waals surface area contributed by atoms with E-state index in [1.54, 1.807) is 126 Å². The minimum atomic E-state index is -1.94. The second kappa shape index (κ2) is 49.8. The number of amides is 14. The lowest BCUT2D eigenvalue weighted by molar-refractivity contribution is -0.151. The highest BCUT2D eigenvalue weighted by atomic mass is 35.5. The Kier molecular flexibility index (Phi) is 39.4. The second-order valence-electron chi connectivity index (χ2n) is 33.6. The van der Waals surface area contributed by atoms with Gasteiger partial charge in [0.05, 0.1) is 42.9 Å². The van der Waals surface area contributed by atoms with Crippen LogP contribution in [0, 0.1) is 23.5 Å². The van der Waals surface area contributed by atoms with Crippen molar-refractivity contribution in [2.75, 3.05) is 66.4 Å². The van der Waals surface area contributed by atoms with E-state index in [2.05, 4.69) is 52.8 Å². The average molecular weight is 1870 g/mol. The van der Waals surface area contributed by atoms with Gasteiger partial charge in [-0.05, 0) is 114 Å². The molecule has 1 aromatic heterocycles. The Bertz CT molecular complexity index is 5200. The van der Waals surface area contributed by atoms with E-state index in [0.717, 1.165) is 36.6 Å². The van der Waals surface area contributed by atoms with Crippen LogP contribution < -0.4 is 53.6 Å². The first-order valence-electron chi connectivity index (χ1n) is 43.1. The second-order valence-corrected chi connectivity index (χ2v) is 35.1. The minimum Gasteiger partial charge on any atom is -0.508 e. The van der Waals surface area contributed by atoms with Crippen molar-refractivity contribution in [2.45, 2.75) is 178 Å². The number of unbranched alkanes of at least 4 members (excludes halogenated alkanes) is 1. The van der Waals surface area contributed by atoms with Gasteiger partial charge in [-0.1, -0.05) is 162 Å². The van der Waals surface area contributed by atoms with Crippen molar-refractivity contribution in [3.05, 3.63) is 202 Å². The number of hydrogen-bond acceptors (Lipinski definition) is 20.